The Kier molecular flexibility index (Phi) is 6.30. The van der Waals surface area contributed by atoms with Crippen molar-refractivity contribution in [1.29, 1.82) is 0 Å². The first kappa shape index (κ1) is 22.9. The fourth-order valence-corrected chi connectivity index (χ4v) is 3.34. The van der Waals surface area contributed by atoms with Crippen LogP contribution in [-0.4, -0.2) is 61.7 Å². The highest BCUT2D eigenvalue weighted by molar-refractivity contribution is 5.93. The predicted molar refractivity (Wildman–Crippen MR) is 102 cm³/mol. The van der Waals surface area contributed by atoms with E-state index < -0.39 is 41.9 Å². The van der Waals surface area contributed by atoms with Crippen molar-refractivity contribution in [2.45, 2.75) is 31.3 Å². The molecule has 3 rings (SSSR count). The molecule has 170 valence electrons. The molecule has 5 N–H and O–H groups in total. The Hall–Kier alpha value is -3.74. The second kappa shape index (κ2) is 8.78. The third-order valence-electron chi connectivity index (χ3n) is 4.91. The molecule has 0 aromatic carbocycles. The number of nitrogens with two attached hydrogens (primary N) is 1. The van der Waals surface area contributed by atoms with Gasteiger partial charge < -0.3 is 21.3 Å². The standard InChI is InChI=1S/C19H18F3N5O5/c20-19(21,22)13-2-1-9(6-24-13)14-10(5-11(8-25-14)16(23)29)7-26-17(30)15-12(28)3-4-27(15)18(31)32/h1-2,5-6,8,12,15,28H,3-4,7H2,(H2,23,29)(H,26,30)(H,31,32). The molecule has 0 saturated carbocycles. The second-order valence-electron chi connectivity index (χ2n) is 7.02. The highest BCUT2D eigenvalue weighted by atomic mass is 19.4. The molecule has 0 spiro atoms. The summed E-state index contributed by atoms with van der Waals surface area (Å²) in [4.78, 5) is 43.6. The van der Waals surface area contributed by atoms with Crippen LogP contribution in [0.3, 0.4) is 0 Å². The molecule has 1 saturated heterocycles. The van der Waals surface area contributed by atoms with E-state index >= 15 is 0 Å². The first-order valence-corrected chi connectivity index (χ1v) is 9.26. The summed E-state index contributed by atoms with van der Waals surface area (Å²) in [5.41, 5.74) is 4.70. The molecule has 32 heavy (non-hydrogen) atoms. The largest absolute Gasteiger partial charge is 0.465 e. The van der Waals surface area contributed by atoms with Crippen LogP contribution in [0.25, 0.3) is 11.3 Å². The molecule has 2 unspecified atom stereocenters. The van der Waals surface area contributed by atoms with Crippen molar-refractivity contribution in [3.05, 3.63) is 47.4 Å². The number of hydrogen-bond donors (Lipinski definition) is 4. The first-order chi connectivity index (χ1) is 15.0. The number of halogens is 3. The second-order valence-corrected chi connectivity index (χ2v) is 7.02. The van der Waals surface area contributed by atoms with E-state index in [4.69, 9.17) is 5.73 Å². The van der Waals surface area contributed by atoms with E-state index in [1.807, 2.05) is 0 Å². The normalized spacial score (nSPS) is 18.4. The summed E-state index contributed by atoms with van der Waals surface area (Å²) in [6, 6.07) is 1.89. The van der Waals surface area contributed by atoms with Gasteiger partial charge in [-0.3, -0.25) is 24.5 Å². The summed E-state index contributed by atoms with van der Waals surface area (Å²) < 4.78 is 38.3. The topological polar surface area (TPSA) is 159 Å². The van der Waals surface area contributed by atoms with Gasteiger partial charge in [-0.05, 0) is 30.2 Å². The predicted octanol–water partition coefficient (Wildman–Crippen LogP) is 0.991. The van der Waals surface area contributed by atoms with E-state index in [9.17, 15) is 37.8 Å². The van der Waals surface area contributed by atoms with Crippen molar-refractivity contribution >= 4 is 17.9 Å². The Bertz CT molecular complexity index is 1040. The molecule has 1 aliphatic heterocycles. The Morgan fingerprint density at radius 3 is 2.50 bits per heavy atom. The van der Waals surface area contributed by atoms with Crippen LogP contribution in [0.15, 0.2) is 30.6 Å². The first-order valence-electron chi connectivity index (χ1n) is 9.26. The highest BCUT2D eigenvalue weighted by Gasteiger charge is 2.41. The molecule has 10 nitrogen and oxygen atoms in total. The maximum Gasteiger partial charge on any atom is 0.433 e. The molecule has 1 aliphatic rings. The lowest BCUT2D eigenvalue weighted by Crippen LogP contribution is -2.49. The molecular formula is C19H18F3N5O5. The molecule has 1 fully saturated rings. The molecular weight excluding hydrogens is 435 g/mol. The van der Waals surface area contributed by atoms with Gasteiger partial charge in [0.15, 0.2) is 0 Å². The Morgan fingerprint density at radius 2 is 1.94 bits per heavy atom. The van der Waals surface area contributed by atoms with Gasteiger partial charge in [0.1, 0.15) is 11.7 Å². The van der Waals surface area contributed by atoms with Gasteiger partial charge in [0, 0.05) is 31.0 Å². The number of rotatable bonds is 5. The lowest BCUT2D eigenvalue weighted by atomic mass is 10.0. The number of likely N-dealkylation sites (tertiary alicyclic amines) is 1. The Morgan fingerprint density at radius 1 is 1.22 bits per heavy atom. The number of aromatic nitrogens is 2. The number of aliphatic hydroxyl groups is 1. The molecule has 2 aromatic heterocycles. The number of amides is 3. The van der Waals surface area contributed by atoms with Crippen LogP contribution in [0.5, 0.6) is 0 Å². The minimum absolute atomic E-state index is 0.00839. The number of primary amides is 1. The number of alkyl halides is 3. The van der Waals surface area contributed by atoms with Gasteiger partial charge in [0.2, 0.25) is 11.8 Å². The van der Waals surface area contributed by atoms with Gasteiger partial charge in [-0.1, -0.05) is 0 Å². The Labute approximate surface area is 178 Å². The number of aliphatic hydroxyl groups excluding tert-OH is 1. The van der Waals surface area contributed by atoms with E-state index in [2.05, 4.69) is 15.3 Å². The minimum atomic E-state index is -4.63. The minimum Gasteiger partial charge on any atom is -0.465 e. The smallest absolute Gasteiger partial charge is 0.433 e. The lowest BCUT2D eigenvalue weighted by molar-refractivity contribution is -0.141. The summed E-state index contributed by atoms with van der Waals surface area (Å²) in [7, 11) is 0. The van der Waals surface area contributed by atoms with Crippen molar-refractivity contribution in [1.82, 2.24) is 20.2 Å². The summed E-state index contributed by atoms with van der Waals surface area (Å²) in [6.45, 7) is -0.282. The van der Waals surface area contributed by atoms with E-state index in [1.165, 1.54) is 6.07 Å². The number of nitrogens with one attached hydrogen (secondary N) is 1. The molecule has 2 atom stereocenters. The molecule has 13 heteroatoms. The zero-order valence-corrected chi connectivity index (χ0v) is 16.3. The van der Waals surface area contributed by atoms with E-state index in [1.54, 1.807) is 0 Å². The van der Waals surface area contributed by atoms with Gasteiger partial charge in [-0.15, -0.1) is 0 Å². The zero-order chi connectivity index (χ0) is 23.6. The fraction of sp³-hybridized carbons (Fsp3) is 0.316. The number of hydrogen-bond acceptors (Lipinski definition) is 6. The highest BCUT2D eigenvalue weighted by Crippen LogP contribution is 2.29. The SMILES string of the molecule is NC(=O)c1cnc(-c2ccc(C(F)(F)F)nc2)c(CNC(=O)C2C(O)CCN2C(=O)O)c1. The van der Waals surface area contributed by atoms with E-state index in [0.29, 0.717) is 0 Å². The average molecular weight is 453 g/mol. The van der Waals surface area contributed by atoms with Gasteiger partial charge in [-0.2, -0.15) is 13.2 Å². The van der Waals surface area contributed by atoms with Crippen LogP contribution in [-0.2, 0) is 17.5 Å². The van der Waals surface area contributed by atoms with Crippen molar-refractivity contribution in [2.75, 3.05) is 6.54 Å². The van der Waals surface area contributed by atoms with Crippen LogP contribution in [0, 0.1) is 0 Å². The maximum atomic E-state index is 12.8. The summed E-state index contributed by atoms with van der Waals surface area (Å²) >= 11 is 0. The molecule has 2 aromatic rings. The van der Waals surface area contributed by atoms with Crippen molar-refractivity contribution in [3.8, 4) is 11.3 Å². The molecule has 0 radical (unpaired) electrons. The van der Waals surface area contributed by atoms with Crippen LogP contribution >= 0.6 is 0 Å². The molecule has 0 bridgehead atoms. The monoisotopic (exact) mass is 453 g/mol. The molecule has 3 amide bonds. The average Bonchev–Trinajstić information content (AvgIpc) is 3.13. The molecule has 0 aliphatic carbocycles. The summed E-state index contributed by atoms with van der Waals surface area (Å²) in [6.07, 6.45) is -5.02. The lowest BCUT2D eigenvalue weighted by Gasteiger charge is -2.23. The third-order valence-corrected chi connectivity index (χ3v) is 4.91. The fourth-order valence-electron chi connectivity index (χ4n) is 3.34. The zero-order valence-electron chi connectivity index (χ0n) is 16.3. The number of carboxylic acid groups (broad SMARTS) is 1. The maximum absolute atomic E-state index is 12.8. The Balaban J connectivity index is 1.88. The van der Waals surface area contributed by atoms with Crippen LogP contribution in [0.1, 0.15) is 28.0 Å². The van der Waals surface area contributed by atoms with Crippen LogP contribution in [0.2, 0.25) is 0 Å². The van der Waals surface area contributed by atoms with Gasteiger partial charge in [-0.25, -0.2) is 4.79 Å². The van der Waals surface area contributed by atoms with Gasteiger partial charge in [0.05, 0.1) is 17.4 Å². The third kappa shape index (κ3) is 4.77. The van der Waals surface area contributed by atoms with Crippen molar-refractivity contribution < 1.29 is 37.8 Å². The van der Waals surface area contributed by atoms with Crippen molar-refractivity contribution in [3.63, 3.8) is 0 Å². The molecule has 3 heterocycles. The van der Waals surface area contributed by atoms with Crippen LogP contribution in [0.4, 0.5) is 18.0 Å². The van der Waals surface area contributed by atoms with Gasteiger partial charge in [0.25, 0.3) is 0 Å². The van der Waals surface area contributed by atoms with Crippen LogP contribution < -0.4 is 11.1 Å². The van der Waals surface area contributed by atoms with Crippen molar-refractivity contribution in [2.24, 2.45) is 5.73 Å². The van der Waals surface area contributed by atoms with E-state index in [0.717, 1.165) is 29.4 Å². The summed E-state index contributed by atoms with van der Waals surface area (Å²) in [5.74, 6) is -1.59. The quantitative estimate of drug-likeness (QED) is 0.525. The number of carbonyl (C=O) groups excluding carboxylic acids is 2. The van der Waals surface area contributed by atoms with Gasteiger partial charge >= 0.3 is 12.3 Å². The number of pyridine rings is 2. The summed E-state index contributed by atoms with van der Waals surface area (Å²) in [5, 5.41) is 21.6. The number of carbonyl (C=O) groups is 3. The number of nitrogens with zero attached hydrogens (tertiary/aromatic N) is 3. The van der Waals surface area contributed by atoms with E-state index in [-0.39, 0.29) is 41.9 Å².